The fraction of sp³-hybridized carbons (Fsp3) is 0.500. The van der Waals surface area contributed by atoms with Crippen LogP contribution in [-0.2, 0) is 6.54 Å². The van der Waals surface area contributed by atoms with Crippen molar-refractivity contribution in [3.05, 3.63) is 40.6 Å². The lowest BCUT2D eigenvalue weighted by molar-refractivity contribution is 0.391. The second-order valence-corrected chi connectivity index (χ2v) is 6.38. The average Bonchev–Trinajstić information content (AvgIpc) is 3.07. The molecule has 1 N–H and O–H groups in total. The fourth-order valence-corrected chi connectivity index (χ4v) is 3.65. The number of rotatable bonds is 4. The Morgan fingerprint density at radius 2 is 2.39 bits per heavy atom. The van der Waals surface area contributed by atoms with E-state index in [1.807, 2.05) is 23.9 Å². The maximum absolute atomic E-state index is 4.16. The normalized spacial score (nSPS) is 23.6. The van der Waals surface area contributed by atoms with Gasteiger partial charge in [0, 0.05) is 40.8 Å². The summed E-state index contributed by atoms with van der Waals surface area (Å²) in [4.78, 5) is 6.99. The summed E-state index contributed by atoms with van der Waals surface area (Å²) in [5.74, 6) is 0. The summed E-state index contributed by atoms with van der Waals surface area (Å²) in [6, 6.07) is 5.59. The first-order valence-electron chi connectivity index (χ1n) is 6.59. The van der Waals surface area contributed by atoms with Gasteiger partial charge in [-0.3, -0.25) is 0 Å². The van der Waals surface area contributed by atoms with Gasteiger partial charge in [0.15, 0.2) is 0 Å². The molecule has 96 valence electrons. The van der Waals surface area contributed by atoms with Crippen molar-refractivity contribution in [2.75, 3.05) is 0 Å². The highest BCUT2D eigenvalue weighted by molar-refractivity contribution is 7.11. The zero-order valence-corrected chi connectivity index (χ0v) is 11.5. The summed E-state index contributed by atoms with van der Waals surface area (Å²) in [6.45, 7) is 3.16. The van der Waals surface area contributed by atoms with Gasteiger partial charge < -0.3 is 9.88 Å². The van der Waals surface area contributed by atoms with Crippen molar-refractivity contribution in [2.24, 2.45) is 0 Å². The number of aryl methyl sites for hydroxylation is 1. The molecule has 1 aliphatic carbocycles. The van der Waals surface area contributed by atoms with E-state index in [9.17, 15) is 0 Å². The fourth-order valence-electron chi connectivity index (χ4n) is 2.81. The smallest absolute Gasteiger partial charge is 0.0949 e. The largest absolute Gasteiger partial charge is 0.333 e. The van der Waals surface area contributed by atoms with E-state index in [2.05, 4.69) is 40.1 Å². The lowest BCUT2D eigenvalue weighted by Crippen LogP contribution is -2.32. The highest BCUT2D eigenvalue weighted by atomic mass is 32.1. The zero-order chi connectivity index (χ0) is 12.4. The first-order chi connectivity index (χ1) is 8.83. The van der Waals surface area contributed by atoms with Crippen LogP contribution in [0.4, 0.5) is 0 Å². The quantitative estimate of drug-likeness (QED) is 0.916. The molecule has 1 saturated carbocycles. The molecule has 2 aromatic heterocycles. The average molecular weight is 261 g/mol. The van der Waals surface area contributed by atoms with E-state index in [-0.39, 0.29) is 0 Å². The Hall–Kier alpha value is -1.13. The van der Waals surface area contributed by atoms with Gasteiger partial charge in [-0.1, -0.05) is 0 Å². The van der Waals surface area contributed by atoms with Crippen molar-refractivity contribution in [1.82, 2.24) is 14.9 Å². The minimum Gasteiger partial charge on any atom is -0.333 e. The van der Waals surface area contributed by atoms with Crippen LogP contribution in [0.25, 0.3) is 0 Å². The molecule has 2 atom stereocenters. The Labute approximate surface area is 112 Å². The van der Waals surface area contributed by atoms with Crippen molar-refractivity contribution in [3.63, 3.8) is 0 Å². The first-order valence-corrected chi connectivity index (χ1v) is 7.41. The van der Waals surface area contributed by atoms with Crippen LogP contribution in [0.5, 0.6) is 0 Å². The summed E-state index contributed by atoms with van der Waals surface area (Å²) in [5.41, 5.74) is 0. The minimum absolute atomic E-state index is 0.577. The predicted octanol–water partition coefficient (Wildman–Crippen LogP) is 3.14. The molecule has 2 unspecified atom stereocenters. The van der Waals surface area contributed by atoms with E-state index >= 15 is 0 Å². The van der Waals surface area contributed by atoms with Crippen LogP contribution in [0.2, 0.25) is 0 Å². The molecule has 18 heavy (non-hydrogen) atoms. The SMILES string of the molecule is Cc1ccc(CNC2CCCC2n2ccnc2)s1. The Morgan fingerprint density at radius 3 is 3.11 bits per heavy atom. The second kappa shape index (κ2) is 5.24. The van der Waals surface area contributed by atoms with Crippen LogP contribution in [0.15, 0.2) is 30.9 Å². The number of thiophene rings is 1. The third kappa shape index (κ3) is 2.49. The summed E-state index contributed by atoms with van der Waals surface area (Å²) < 4.78 is 2.25. The molecule has 2 heterocycles. The van der Waals surface area contributed by atoms with Crippen molar-refractivity contribution in [2.45, 2.75) is 44.8 Å². The van der Waals surface area contributed by atoms with E-state index in [1.54, 1.807) is 0 Å². The van der Waals surface area contributed by atoms with Crippen LogP contribution in [0, 0.1) is 6.92 Å². The summed E-state index contributed by atoms with van der Waals surface area (Å²) >= 11 is 1.89. The van der Waals surface area contributed by atoms with Gasteiger partial charge in [0.1, 0.15) is 0 Å². The maximum atomic E-state index is 4.16. The number of nitrogens with one attached hydrogen (secondary N) is 1. The summed E-state index contributed by atoms with van der Waals surface area (Å²) in [7, 11) is 0. The van der Waals surface area contributed by atoms with E-state index in [1.165, 1.54) is 29.0 Å². The van der Waals surface area contributed by atoms with E-state index in [0.29, 0.717) is 12.1 Å². The Kier molecular flexibility index (Phi) is 3.48. The van der Waals surface area contributed by atoms with Crippen molar-refractivity contribution in [3.8, 4) is 0 Å². The van der Waals surface area contributed by atoms with Gasteiger partial charge in [-0.2, -0.15) is 0 Å². The molecule has 0 bridgehead atoms. The number of nitrogens with zero attached hydrogens (tertiary/aromatic N) is 2. The molecule has 0 aromatic carbocycles. The van der Waals surface area contributed by atoms with Gasteiger partial charge in [-0.25, -0.2) is 4.98 Å². The van der Waals surface area contributed by atoms with E-state index in [4.69, 9.17) is 0 Å². The minimum atomic E-state index is 0.577. The zero-order valence-electron chi connectivity index (χ0n) is 10.7. The molecule has 2 aromatic rings. The predicted molar refractivity (Wildman–Crippen MR) is 74.8 cm³/mol. The number of imidazole rings is 1. The number of hydrogen-bond acceptors (Lipinski definition) is 3. The number of aromatic nitrogens is 2. The first kappa shape index (κ1) is 11.9. The Balaban J connectivity index is 1.62. The third-order valence-electron chi connectivity index (χ3n) is 3.72. The van der Waals surface area contributed by atoms with Crippen molar-refractivity contribution in [1.29, 1.82) is 0 Å². The lowest BCUT2D eigenvalue weighted by atomic mass is 10.1. The van der Waals surface area contributed by atoms with Crippen LogP contribution < -0.4 is 5.32 Å². The maximum Gasteiger partial charge on any atom is 0.0949 e. The van der Waals surface area contributed by atoms with E-state index < -0.39 is 0 Å². The molecule has 0 aliphatic heterocycles. The summed E-state index contributed by atoms with van der Waals surface area (Å²) in [6.07, 6.45) is 9.74. The van der Waals surface area contributed by atoms with Crippen molar-refractivity contribution < 1.29 is 0 Å². The lowest BCUT2D eigenvalue weighted by Gasteiger charge is -2.21. The van der Waals surface area contributed by atoms with Gasteiger partial charge in [0.05, 0.1) is 6.33 Å². The second-order valence-electron chi connectivity index (χ2n) is 5.01. The highest BCUT2D eigenvalue weighted by Gasteiger charge is 2.27. The topological polar surface area (TPSA) is 29.9 Å². The molecular formula is C14H19N3S. The Morgan fingerprint density at radius 1 is 1.44 bits per heavy atom. The molecule has 1 aliphatic rings. The van der Waals surface area contributed by atoms with Crippen LogP contribution >= 0.6 is 11.3 Å². The molecule has 1 fully saturated rings. The van der Waals surface area contributed by atoms with Crippen LogP contribution in [0.1, 0.15) is 35.1 Å². The Bertz CT molecular complexity index is 489. The highest BCUT2D eigenvalue weighted by Crippen LogP contribution is 2.30. The van der Waals surface area contributed by atoms with Gasteiger partial charge in [-0.05, 0) is 38.3 Å². The third-order valence-corrected chi connectivity index (χ3v) is 4.72. The van der Waals surface area contributed by atoms with Gasteiger partial charge >= 0.3 is 0 Å². The van der Waals surface area contributed by atoms with E-state index in [0.717, 1.165) is 6.54 Å². The molecule has 3 rings (SSSR count). The molecule has 0 saturated heterocycles. The van der Waals surface area contributed by atoms with Gasteiger partial charge in [0.2, 0.25) is 0 Å². The van der Waals surface area contributed by atoms with Gasteiger partial charge in [-0.15, -0.1) is 11.3 Å². The molecule has 0 amide bonds. The summed E-state index contributed by atoms with van der Waals surface area (Å²) in [5, 5.41) is 3.71. The van der Waals surface area contributed by atoms with Crippen LogP contribution in [-0.4, -0.2) is 15.6 Å². The number of hydrogen-bond donors (Lipinski definition) is 1. The standard InChI is InChI=1S/C14H19N3S/c1-11-5-6-12(18-11)9-16-13-3-2-4-14(13)17-8-7-15-10-17/h5-8,10,13-14,16H,2-4,9H2,1H3. The molecule has 0 radical (unpaired) electrons. The van der Waals surface area contributed by atoms with Crippen LogP contribution in [0.3, 0.4) is 0 Å². The molecule has 0 spiro atoms. The van der Waals surface area contributed by atoms with Gasteiger partial charge in [0.25, 0.3) is 0 Å². The molecule has 4 heteroatoms. The monoisotopic (exact) mass is 261 g/mol. The van der Waals surface area contributed by atoms with Crippen molar-refractivity contribution >= 4 is 11.3 Å². The molecular weight excluding hydrogens is 242 g/mol. The molecule has 3 nitrogen and oxygen atoms in total.